The summed E-state index contributed by atoms with van der Waals surface area (Å²) in [6.45, 7) is 6.41. The number of benzene rings is 1. The van der Waals surface area contributed by atoms with Gasteiger partial charge in [0.25, 0.3) is 11.8 Å². The molecule has 28 heavy (non-hydrogen) atoms. The zero-order valence-corrected chi connectivity index (χ0v) is 16.2. The number of carbonyl (C=O) groups excluding carboxylic acids is 2. The van der Waals surface area contributed by atoms with Gasteiger partial charge in [0, 0.05) is 39.3 Å². The first-order valence-electron chi connectivity index (χ1n) is 9.96. The van der Waals surface area contributed by atoms with Crippen LogP contribution in [0, 0.1) is 0 Å². The van der Waals surface area contributed by atoms with Gasteiger partial charge >= 0.3 is 0 Å². The van der Waals surface area contributed by atoms with E-state index in [2.05, 4.69) is 15.2 Å². The molecule has 0 atom stereocenters. The lowest BCUT2D eigenvalue weighted by atomic mass is 10.1. The smallest absolute Gasteiger partial charge is 0.261 e. The van der Waals surface area contributed by atoms with E-state index < -0.39 is 0 Å². The van der Waals surface area contributed by atoms with Gasteiger partial charge in [0.2, 0.25) is 0 Å². The van der Waals surface area contributed by atoms with Gasteiger partial charge < -0.3 is 15.8 Å². The van der Waals surface area contributed by atoms with Gasteiger partial charge in [-0.3, -0.25) is 24.4 Å². The molecule has 0 aliphatic carbocycles. The topological polar surface area (TPSA) is 100 Å². The van der Waals surface area contributed by atoms with Crippen molar-refractivity contribution in [2.45, 2.75) is 19.3 Å². The van der Waals surface area contributed by atoms with E-state index in [1.165, 1.54) is 4.90 Å². The summed E-state index contributed by atoms with van der Waals surface area (Å²) in [5.41, 5.74) is 6.88. The number of amides is 2. The lowest BCUT2D eigenvalue weighted by Gasteiger charge is -2.26. The molecule has 0 spiro atoms. The Morgan fingerprint density at radius 1 is 1.04 bits per heavy atom. The fourth-order valence-corrected chi connectivity index (χ4v) is 3.43. The Balaban J connectivity index is 1.27. The van der Waals surface area contributed by atoms with Crippen LogP contribution in [-0.4, -0.2) is 80.1 Å². The number of aliphatic imine (C=N–C) groups is 1. The average Bonchev–Trinajstić information content (AvgIpc) is 2.97. The van der Waals surface area contributed by atoms with Crippen LogP contribution in [0.2, 0.25) is 0 Å². The molecule has 152 valence electrons. The molecule has 1 fully saturated rings. The number of guanidine groups is 1. The third kappa shape index (κ3) is 5.30. The Kier molecular flexibility index (Phi) is 7.39. The predicted octanol–water partition coefficient (Wildman–Crippen LogP) is 0.689. The number of nitrogens with two attached hydrogens (primary N) is 1. The molecule has 8 nitrogen and oxygen atoms in total. The maximum Gasteiger partial charge on any atom is 0.261 e. The average molecular weight is 387 g/mol. The third-order valence-electron chi connectivity index (χ3n) is 5.01. The maximum absolute atomic E-state index is 12.3. The molecular weight excluding hydrogens is 358 g/mol. The van der Waals surface area contributed by atoms with Gasteiger partial charge in [-0.15, -0.1) is 0 Å². The molecule has 1 saturated heterocycles. The van der Waals surface area contributed by atoms with Crippen LogP contribution in [0.5, 0.6) is 0 Å². The van der Waals surface area contributed by atoms with Gasteiger partial charge in [-0.2, -0.15) is 0 Å². The van der Waals surface area contributed by atoms with Gasteiger partial charge in [0.15, 0.2) is 5.96 Å². The van der Waals surface area contributed by atoms with Gasteiger partial charge in [-0.05, 0) is 31.4 Å². The zero-order chi connectivity index (χ0) is 19.8. The standard InChI is InChI=1S/C20H29N5O3/c21-20(23-9-5-10-24-12-14-28-15-13-24)22-8-3-4-11-25-18(26)16-6-1-2-7-17(16)19(25)27/h1-2,6-7H,3-5,8-15H2,(H3,21,22,23). The van der Waals surface area contributed by atoms with Gasteiger partial charge in [-0.25, -0.2) is 0 Å². The summed E-state index contributed by atoms with van der Waals surface area (Å²) in [5.74, 6) is 0.0486. The molecular formula is C20H29N5O3. The SMILES string of the molecule is NC(=NCCCN1CCOCC1)NCCCCN1C(=O)c2ccccc2C1=O. The van der Waals surface area contributed by atoms with Gasteiger partial charge in [0.1, 0.15) is 0 Å². The molecule has 0 radical (unpaired) electrons. The van der Waals surface area contributed by atoms with E-state index in [9.17, 15) is 9.59 Å². The van der Waals surface area contributed by atoms with Crippen molar-refractivity contribution < 1.29 is 14.3 Å². The molecule has 0 bridgehead atoms. The Hall–Kier alpha value is -2.45. The number of rotatable bonds is 9. The number of ether oxygens (including phenoxy) is 1. The number of morpholine rings is 1. The largest absolute Gasteiger partial charge is 0.379 e. The van der Waals surface area contributed by atoms with Crippen LogP contribution in [-0.2, 0) is 4.74 Å². The minimum absolute atomic E-state index is 0.199. The van der Waals surface area contributed by atoms with E-state index in [-0.39, 0.29) is 11.8 Å². The van der Waals surface area contributed by atoms with E-state index in [0.717, 1.165) is 52.1 Å². The third-order valence-corrected chi connectivity index (χ3v) is 5.01. The van der Waals surface area contributed by atoms with Crippen molar-refractivity contribution in [2.24, 2.45) is 10.7 Å². The Labute approximate surface area is 165 Å². The second-order valence-electron chi connectivity index (χ2n) is 7.02. The summed E-state index contributed by atoms with van der Waals surface area (Å²) in [6, 6.07) is 6.96. The minimum atomic E-state index is -0.199. The zero-order valence-electron chi connectivity index (χ0n) is 16.2. The van der Waals surface area contributed by atoms with E-state index in [1.54, 1.807) is 24.3 Å². The van der Waals surface area contributed by atoms with Gasteiger partial charge in [-0.1, -0.05) is 12.1 Å². The number of fused-ring (bicyclic) bond motifs is 1. The number of nitrogens with zero attached hydrogens (tertiary/aromatic N) is 3. The molecule has 8 heteroatoms. The molecule has 2 aliphatic rings. The molecule has 0 saturated carbocycles. The molecule has 1 aromatic rings. The van der Waals surface area contributed by atoms with E-state index in [1.807, 2.05) is 0 Å². The Bertz CT molecular complexity index is 681. The Morgan fingerprint density at radius 3 is 2.39 bits per heavy atom. The lowest BCUT2D eigenvalue weighted by Crippen LogP contribution is -2.37. The first kappa shape index (κ1) is 20.3. The van der Waals surface area contributed by atoms with Crippen LogP contribution < -0.4 is 11.1 Å². The number of unbranched alkanes of at least 4 members (excludes halogenated alkanes) is 1. The van der Waals surface area contributed by atoms with Gasteiger partial charge in [0.05, 0.1) is 24.3 Å². The summed E-state index contributed by atoms with van der Waals surface area (Å²) in [6.07, 6.45) is 2.50. The summed E-state index contributed by atoms with van der Waals surface area (Å²) in [4.78, 5) is 32.6. The molecule has 1 aromatic carbocycles. The first-order valence-corrected chi connectivity index (χ1v) is 9.96. The highest BCUT2D eigenvalue weighted by molar-refractivity contribution is 6.21. The van der Waals surface area contributed by atoms with Crippen molar-refractivity contribution >= 4 is 17.8 Å². The molecule has 2 amide bonds. The molecule has 3 N–H and O–H groups in total. The van der Waals surface area contributed by atoms with Crippen molar-refractivity contribution in [3.8, 4) is 0 Å². The first-order chi connectivity index (χ1) is 13.7. The molecule has 0 aromatic heterocycles. The van der Waals surface area contributed by atoms with E-state index in [4.69, 9.17) is 10.5 Å². The van der Waals surface area contributed by atoms with Crippen molar-refractivity contribution in [3.63, 3.8) is 0 Å². The maximum atomic E-state index is 12.3. The highest BCUT2D eigenvalue weighted by Crippen LogP contribution is 2.22. The summed E-state index contributed by atoms with van der Waals surface area (Å²) in [7, 11) is 0. The second-order valence-corrected chi connectivity index (χ2v) is 7.02. The number of carbonyl (C=O) groups is 2. The fraction of sp³-hybridized carbons (Fsp3) is 0.550. The predicted molar refractivity (Wildman–Crippen MR) is 107 cm³/mol. The van der Waals surface area contributed by atoms with E-state index in [0.29, 0.717) is 36.7 Å². The minimum Gasteiger partial charge on any atom is -0.379 e. The molecule has 2 heterocycles. The van der Waals surface area contributed by atoms with Crippen molar-refractivity contribution in [2.75, 3.05) is 52.5 Å². The van der Waals surface area contributed by atoms with Crippen LogP contribution >= 0.6 is 0 Å². The van der Waals surface area contributed by atoms with Crippen molar-refractivity contribution in [3.05, 3.63) is 35.4 Å². The summed E-state index contributed by atoms with van der Waals surface area (Å²) < 4.78 is 5.33. The number of imide groups is 1. The van der Waals surface area contributed by atoms with Crippen LogP contribution in [0.3, 0.4) is 0 Å². The summed E-state index contributed by atoms with van der Waals surface area (Å²) in [5, 5.41) is 3.09. The number of hydrogen-bond acceptors (Lipinski definition) is 5. The normalized spacial score (nSPS) is 17.9. The molecule has 3 rings (SSSR count). The highest BCUT2D eigenvalue weighted by Gasteiger charge is 2.34. The summed E-state index contributed by atoms with van der Waals surface area (Å²) >= 11 is 0. The molecule has 2 aliphatic heterocycles. The van der Waals surface area contributed by atoms with Crippen LogP contribution in [0.1, 0.15) is 40.0 Å². The van der Waals surface area contributed by atoms with Crippen molar-refractivity contribution in [1.82, 2.24) is 15.1 Å². The quantitative estimate of drug-likeness (QED) is 0.280. The molecule has 0 unspecified atom stereocenters. The van der Waals surface area contributed by atoms with Crippen LogP contribution in [0.25, 0.3) is 0 Å². The number of hydrogen-bond donors (Lipinski definition) is 2. The van der Waals surface area contributed by atoms with Crippen LogP contribution in [0.15, 0.2) is 29.3 Å². The number of nitrogens with one attached hydrogen (secondary N) is 1. The Morgan fingerprint density at radius 2 is 1.71 bits per heavy atom. The van der Waals surface area contributed by atoms with Crippen LogP contribution in [0.4, 0.5) is 0 Å². The lowest BCUT2D eigenvalue weighted by molar-refractivity contribution is 0.0377. The fourth-order valence-electron chi connectivity index (χ4n) is 3.43. The van der Waals surface area contributed by atoms with Crippen molar-refractivity contribution in [1.29, 1.82) is 0 Å². The van der Waals surface area contributed by atoms with E-state index >= 15 is 0 Å². The monoisotopic (exact) mass is 387 g/mol. The highest BCUT2D eigenvalue weighted by atomic mass is 16.5. The second kappa shape index (κ2) is 10.2.